The zero-order chi connectivity index (χ0) is 12.5. The van der Waals surface area contributed by atoms with E-state index >= 15 is 0 Å². The first kappa shape index (κ1) is 10.7. The molecule has 0 amide bonds. The zero-order valence-electron chi connectivity index (χ0n) is 9.51. The van der Waals surface area contributed by atoms with Crippen molar-refractivity contribution >= 4 is 5.52 Å². The standard InChI is InChI=1S/C15H10FNO/c16-12-6-4-11(5-7-12)15-10-14(18)9-13-3-1-2-8-17(13)15/h1-10H. The van der Waals surface area contributed by atoms with Crippen LogP contribution in [0.2, 0.25) is 0 Å². The molecule has 1 aromatic carbocycles. The highest BCUT2D eigenvalue weighted by atomic mass is 19.1. The van der Waals surface area contributed by atoms with Gasteiger partial charge in [-0.15, -0.1) is 0 Å². The maximum Gasteiger partial charge on any atom is 0.182 e. The minimum Gasteiger partial charge on any atom is -0.316 e. The average molecular weight is 239 g/mol. The molecular weight excluding hydrogens is 229 g/mol. The van der Waals surface area contributed by atoms with Crippen LogP contribution in [0.4, 0.5) is 4.39 Å². The van der Waals surface area contributed by atoms with Crippen LogP contribution in [0.5, 0.6) is 0 Å². The minimum absolute atomic E-state index is 0.0551. The van der Waals surface area contributed by atoms with Crippen LogP contribution in [-0.2, 0) is 0 Å². The highest BCUT2D eigenvalue weighted by Gasteiger charge is 2.04. The summed E-state index contributed by atoms with van der Waals surface area (Å²) in [5, 5.41) is 0. The maximum atomic E-state index is 12.9. The molecule has 3 heteroatoms. The predicted molar refractivity (Wildman–Crippen MR) is 69.1 cm³/mol. The number of halogens is 1. The van der Waals surface area contributed by atoms with Gasteiger partial charge >= 0.3 is 0 Å². The monoisotopic (exact) mass is 239 g/mol. The first-order chi connectivity index (χ1) is 8.74. The molecule has 0 atom stereocenters. The van der Waals surface area contributed by atoms with Crippen molar-refractivity contribution in [1.82, 2.24) is 4.40 Å². The predicted octanol–water partition coefficient (Wildman–Crippen LogP) is 3.11. The lowest BCUT2D eigenvalue weighted by atomic mass is 10.1. The molecule has 0 spiro atoms. The van der Waals surface area contributed by atoms with E-state index in [0.717, 1.165) is 16.8 Å². The lowest BCUT2D eigenvalue weighted by Gasteiger charge is -2.08. The number of pyridine rings is 2. The molecule has 0 aliphatic rings. The summed E-state index contributed by atoms with van der Waals surface area (Å²) in [7, 11) is 0. The second kappa shape index (κ2) is 4.11. The number of hydrogen-bond acceptors (Lipinski definition) is 1. The normalized spacial score (nSPS) is 10.7. The zero-order valence-corrected chi connectivity index (χ0v) is 9.51. The summed E-state index contributed by atoms with van der Waals surface area (Å²) in [6.45, 7) is 0. The lowest BCUT2D eigenvalue weighted by Crippen LogP contribution is -2.04. The Morgan fingerprint density at radius 2 is 1.72 bits per heavy atom. The van der Waals surface area contributed by atoms with Crippen molar-refractivity contribution in [3.8, 4) is 11.3 Å². The first-order valence-corrected chi connectivity index (χ1v) is 5.61. The van der Waals surface area contributed by atoms with Crippen molar-refractivity contribution in [3.63, 3.8) is 0 Å². The van der Waals surface area contributed by atoms with Crippen LogP contribution in [0, 0.1) is 5.82 Å². The van der Waals surface area contributed by atoms with Crippen LogP contribution in [-0.4, -0.2) is 4.40 Å². The third-order valence-electron chi connectivity index (χ3n) is 2.86. The summed E-state index contributed by atoms with van der Waals surface area (Å²) >= 11 is 0. The van der Waals surface area contributed by atoms with Gasteiger partial charge in [0.25, 0.3) is 0 Å². The molecule has 0 N–H and O–H groups in total. The van der Waals surface area contributed by atoms with Crippen LogP contribution < -0.4 is 5.43 Å². The van der Waals surface area contributed by atoms with Gasteiger partial charge in [-0.1, -0.05) is 6.07 Å². The fourth-order valence-electron chi connectivity index (χ4n) is 2.03. The van der Waals surface area contributed by atoms with Gasteiger partial charge in [-0.25, -0.2) is 4.39 Å². The van der Waals surface area contributed by atoms with E-state index in [1.54, 1.807) is 24.3 Å². The van der Waals surface area contributed by atoms with Crippen molar-refractivity contribution in [1.29, 1.82) is 0 Å². The third-order valence-corrected chi connectivity index (χ3v) is 2.86. The summed E-state index contributed by atoms with van der Waals surface area (Å²) in [6.07, 6.45) is 1.88. The molecule has 2 heterocycles. The van der Waals surface area contributed by atoms with Gasteiger partial charge in [-0.2, -0.15) is 0 Å². The van der Waals surface area contributed by atoms with E-state index < -0.39 is 0 Å². The first-order valence-electron chi connectivity index (χ1n) is 5.61. The topological polar surface area (TPSA) is 21.5 Å². The second-order valence-electron chi connectivity index (χ2n) is 4.08. The van der Waals surface area contributed by atoms with Gasteiger partial charge in [-0.3, -0.25) is 4.79 Å². The molecule has 0 fully saturated rings. The van der Waals surface area contributed by atoms with E-state index in [1.807, 2.05) is 28.8 Å². The Kier molecular flexibility index (Phi) is 2.45. The van der Waals surface area contributed by atoms with Crippen molar-refractivity contribution in [2.24, 2.45) is 0 Å². The molecule has 2 aromatic heterocycles. The Hall–Kier alpha value is -2.42. The fourth-order valence-corrected chi connectivity index (χ4v) is 2.03. The summed E-state index contributed by atoms with van der Waals surface area (Å²) in [6, 6.07) is 14.9. The van der Waals surface area contributed by atoms with Gasteiger partial charge in [0.1, 0.15) is 5.82 Å². The van der Waals surface area contributed by atoms with Crippen LogP contribution in [0.3, 0.4) is 0 Å². The van der Waals surface area contributed by atoms with E-state index in [9.17, 15) is 9.18 Å². The quantitative estimate of drug-likeness (QED) is 0.639. The molecule has 0 saturated carbocycles. The molecule has 88 valence electrons. The Morgan fingerprint density at radius 1 is 0.944 bits per heavy atom. The largest absolute Gasteiger partial charge is 0.316 e. The molecule has 3 rings (SSSR count). The summed E-state index contributed by atoms with van der Waals surface area (Å²) < 4.78 is 14.8. The van der Waals surface area contributed by atoms with Crippen molar-refractivity contribution in [3.05, 3.63) is 76.8 Å². The van der Waals surface area contributed by atoms with E-state index in [0.29, 0.717) is 0 Å². The molecule has 0 aliphatic carbocycles. The van der Waals surface area contributed by atoms with E-state index in [1.165, 1.54) is 12.1 Å². The number of fused-ring (bicyclic) bond motifs is 1. The van der Waals surface area contributed by atoms with E-state index in [2.05, 4.69) is 0 Å². The van der Waals surface area contributed by atoms with Crippen LogP contribution in [0.15, 0.2) is 65.6 Å². The minimum atomic E-state index is -0.286. The van der Waals surface area contributed by atoms with Gasteiger partial charge in [0.2, 0.25) is 0 Å². The van der Waals surface area contributed by atoms with Gasteiger partial charge in [-0.05, 0) is 42.0 Å². The second-order valence-corrected chi connectivity index (χ2v) is 4.08. The van der Waals surface area contributed by atoms with Crippen molar-refractivity contribution < 1.29 is 4.39 Å². The number of nitrogens with zero attached hydrogens (tertiary/aromatic N) is 1. The highest BCUT2D eigenvalue weighted by Crippen LogP contribution is 2.19. The number of rotatable bonds is 1. The Bertz CT molecular complexity index is 759. The number of benzene rings is 1. The average Bonchev–Trinajstić information content (AvgIpc) is 2.38. The number of hydrogen-bond donors (Lipinski definition) is 0. The molecule has 2 nitrogen and oxygen atoms in total. The fraction of sp³-hybridized carbons (Fsp3) is 0. The maximum absolute atomic E-state index is 12.9. The smallest absolute Gasteiger partial charge is 0.182 e. The number of aromatic nitrogens is 1. The highest BCUT2D eigenvalue weighted by molar-refractivity contribution is 5.64. The summed E-state index contributed by atoms with van der Waals surface area (Å²) in [5.41, 5.74) is 2.35. The molecule has 0 bridgehead atoms. The molecule has 0 unspecified atom stereocenters. The molecule has 0 saturated heterocycles. The van der Waals surface area contributed by atoms with Crippen LogP contribution >= 0.6 is 0 Å². The lowest BCUT2D eigenvalue weighted by molar-refractivity contribution is 0.628. The van der Waals surface area contributed by atoms with Gasteiger partial charge < -0.3 is 4.40 Å². The third kappa shape index (κ3) is 1.80. The molecule has 3 aromatic rings. The molecule has 0 aliphatic heterocycles. The van der Waals surface area contributed by atoms with E-state index in [4.69, 9.17) is 0 Å². The SMILES string of the molecule is O=c1cc(-c2ccc(F)cc2)n2ccccc2c1. The van der Waals surface area contributed by atoms with Gasteiger partial charge in [0.05, 0.1) is 5.69 Å². The summed E-state index contributed by atoms with van der Waals surface area (Å²) in [5.74, 6) is -0.286. The van der Waals surface area contributed by atoms with Gasteiger partial charge in [0, 0.05) is 23.8 Å². The molecule has 18 heavy (non-hydrogen) atoms. The Labute approximate surface area is 103 Å². The van der Waals surface area contributed by atoms with Crippen molar-refractivity contribution in [2.75, 3.05) is 0 Å². The van der Waals surface area contributed by atoms with E-state index in [-0.39, 0.29) is 11.2 Å². The molecular formula is C15H10FNO. The van der Waals surface area contributed by atoms with Crippen LogP contribution in [0.1, 0.15) is 0 Å². The van der Waals surface area contributed by atoms with Gasteiger partial charge in [0.15, 0.2) is 5.43 Å². The Balaban J connectivity index is 2.34. The van der Waals surface area contributed by atoms with Crippen LogP contribution in [0.25, 0.3) is 16.8 Å². The van der Waals surface area contributed by atoms with Crippen molar-refractivity contribution in [2.45, 2.75) is 0 Å². The molecule has 0 radical (unpaired) electrons. The Morgan fingerprint density at radius 3 is 2.50 bits per heavy atom. The summed E-state index contributed by atoms with van der Waals surface area (Å²) in [4.78, 5) is 11.7.